The molecule has 0 aliphatic rings. The molecule has 0 aliphatic carbocycles. The summed E-state index contributed by atoms with van der Waals surface area (Å²) in [5.41, 5.74) is 13.2. The number of rotatable bonds is 4. The van der Waals surface area contributed by atoms with Gasteiger partial charge in [-0.05, 0) is 24.3 Å². The molecule has 0 fully saturated rings. The number of primary amides is 1. The van der Waals surface area contributed by atoms with Gasteiger partial charge in [0.15, 0.2) is 12.2 Å². The highest BCUT2D eigenvalue weighted by Crippen LogP contribution is 2.23. The van der Waals surface area contributed by atoms with Crippen LogP contribution in [-0.2, 0) is 6.61 Å². The summed E-state index contributed by atoms with van der Waals surface area (Å²) in [4.78, 5) is 15.6. The summed E-state index contributed by atoms with van der Waals surface area (Å²) in [5.74, 6) is 0.217. The Morgan fingerprint density at radius 1 is 1.19 bits per heavy atom. The van der Waals surface area contributed by atoms with Crippen LogP contribution >= 0.6 is 0 Å². The molecule has 3 rings (SSSR count). The van der Waals surface area contributed by atoms with E-state index in [1.807, 2.05) is 0 Å². The Morgan fingerprint density at radius 2 is 2.00 bits per heavy atom. The number of carbonyl (C=O) groups excluding carboxylic acids is 1. The summed E-state index contributed by atoms with van der Waals surface area (Å²) in [7, 11) is 0. The molecule has 106 valence electrons. The lowest BCUT2D eigenvalue weighted by Gasteiger charge is -2.06. The van der Waals surface area contributed by atoms with Crippen LogP contribution in [0.2, 0.25) is 0 Å². The number of oxazole rings is 1. The van der Waals surface area contributed by atoms with Crippen molar-refractivity contribution in [2.75, 3.05) is 5.73 Å². The lowest BCUT2D eigenvalue weighted by atomic mass is 10.2. The van der Waals surface area contributed by atoms with Crippen LogP contribution in [0.1, 0.15) is 16.2 Å². The van der Waals surface area contributed by atoms with Crippen molar-refractivity contribution in [2.45, 2.75) is 6.61 Å². The molecule has 1 amide bonds. The Bertz CT molecular complexity index is 811. The number of aromatic nitrogens is 1. The zero-order valence-electron chi connectivity index (χ0n) is 11.1. The second-order valence-electron chi connectivity index (χ2n) is 4.45. The predicted molar refractivity (Wildman–Crippen MR) is 77.7 cm³/mol. The predicted octanol–water partition coefficient (Wildman–Crippen LogP) is 2.09. The third-order valence-corrected chi connectivity index (χ3v) is 3.00. The van der Waals surface area contributed by atoms with Gasteiger partial charge in [0.1, 0.15) is 11.3 Å². The highest BCUT2D eigenvalue weighted by Gasteiger charge is 2.12. The first-order valence-electron chi connectivity index (χ1n) is 6.30. The van der Waals surface area contributed by atoms with Crippen molar-refractivity contribution < 1.29 is 13.9 Å². The molecular formula is C15H13N3O3. The summed E-state index contributed by atoms with van der Waals surface area (Å²) >= 11 is 0. The highest BCUT2D eigenvalue weighted by molar-refractivity contribution is 5.95. The van der Waals surface area contributed by atoms with Gasteiger partial charge < -0.3 is 20.6 Å². The Kier molecular flexibility index (Phi) is 3.19. The molecule has 6 nitrogen and oxygen atoms in total. The van der Waals surface area contributed by atoms with E-state index in [1.165, 1.54) is 0 Å². The fraction of sp³-hybridized carbons (Fsp3) is 0.0667. The topological polar surface area (TPSA) is 104 Å². The Labute approximate surface area is 120 Å². The molecule has 2 aromatic carbocycles. The van der Waals surface area contributed by atoms with E-state index in [1.54, 1.807) is 42.5 Å². The first kappa shape index (κ1) is 13.0. The summed E-state index contributed by atoms with van der Waals surface area (Å²) in [6.45, 7) is 0.0818. The first-order valence-corrected chi connectivity index (χ1v) is 6.30. The second-order valence-corrected chi connectivity index (χ2v) is 4.45. The molecule has 6 heteroatoms. The summed E-state index contributed by atoms with van der Waals surface area (Å²) in [5, 5.41) is 0. The SMILES string of the molecule is NC(=O)c1ccccc1OCc1nc2c(N)cccc2o1. The lowest BCUT2D eigenvalue weighted by Crippen LogP contribution is -2.12. The first-order chi connectivity index (χ1) is 10.1. The maximum atomic E-state index is 11.3. The largest absolute Gasteiger partial charge is 0.483 e. The van der Waals surface area contributed by atoms with Crippen LogP contribution in [0.15, 0.2) is 46.9 Å². The van der Waals surface area contributed by atoms with Crippen molar-refractivity contribution >= 4 is 22.7 Å². The van der Waals surface area contributed by atoms with E-state index in [2.05, 4.69) is 4.98 Å². The number of ether oxygens (including phenoxy) is 1. The number of nitrogens with two attached hydrogens (primary N) is 2. The minimum atomic E-state index is -0.549. The molecule has 21 heavy (non-hydrogen) atoms. The van der Waals surface area contributed by atoms with Gasteiger partial charge in [-0.1, -0.05) is 18.2 Å². The molecule has 0 aliphatic heterocycles. The van der Waals surface area contributed by atoms with Gasteiger partial charge in [-0.25, -0.2) is 4.98 Å². The van der Waals surface area contributed by atoms with E-state index in [4.69, 9.17) is 20.6 Å². The van der Waals surface area contributed by atoms with Gasteiger partial charge >= 0.3 is 0 Å². The van der Waals surface area contributed by atoms with Gasteiger partial charge in [0.2, 0.25) is 5.89 Å². The number of anilines is 1. The van der Waals surface area contributed by atoms with E-state index < -0.39 is 5.91 Å². The number of nitrogen functional groups attached to an aromatic ring is 1. The number of nitrogens with zero attached hydrogens (tertiary/aromatic N) is 1. The molecule has 0 atom stereocenters. The molecule has 0 bridgehead atoms. The third kappa shape index (κ3) is 2.51. The number of carbonyl (C=O) groups is 1. The zero-order chi connectivity index (χ0) is 14.8. The zero-order valence-corrected chi connectivity index (χ0v) is 11.1. The van der Waals surface area contributed by atoms with Crippen LogP contribution in [0.3, 0.4) is 0 Å². The molecule has 0 spiro atoms. The molecule has 1 heterocycles. The van der Waals surface area contributed by atoms with Crippen LogP contribution in [0.4, 0.5) is 5.69 Å². The van der Waals surface area contributed by atoms with E-state index >= 15 is 0 Å². The van der Waals surface area contributed by atoms with Crippen LogP contribution in [0.25, 0.3) is 11.1 Å². The van der Waals surface area contributed by atoms with Crippen molar-refractivity contribution in [3.63, 3.8) is 0 Å². The van der Waals surface area contributed by atoms with Gasteiger partial charge in [-0.15, -0.1) is 0 Å². The fourth-order valence-electron chi connectivity index (χ4n) is 2.01. The monoisotopic (exact) mass is 283 g/mol. The lowest BCUT2D eigenvalue weighted by molar-refractivity contribution is 0.0995. The van der Waals surface area contributed by atoms with E-state index in [0.29, 0.717) is 34.0 Å². The number of amides is 1. The van der Waals surface area contributed by atoms with Gasteiger partial charge in [0.25, 0.3) is 5.91 Å². The number of hydrogen-bond donors (Lipinski definition) is 2. The number of para-hydroxylation sites is 2. The average molecular weight is 283 g/mol. The van der Waals surface area contributed by atoms with E-state index in [0.717, 1.165) is 0 Å². The van der Waals surface area contributed by atoms with Crippen LogP contribution in [-0.4, -0.2) is 10.9 Å². The quantitative estimate of drug-likeness (QED) is 0.713. The smallest absolute Gasteiger partial charge is 0.252 e. The van der Waals surface area contributed by atoms with Crippen molar-refractivity contribution in [3.05, 3.63) is 53.9 Å². The Balaban J connectivity index is 1.84. The van der Waals surface area contributed by atoms with E-state index in [9.17, 15) is 4.79 Å². The highest BCUT2D eigenvalue weighted by atomic mass is 16.5. The maximum absolute atomic E-state index is 11.3. The fourth-order valence-corrected chi connectivity index (χ4v) is 2.01. The number of hydrogen-bond acceptors (Lipinski definition) is 5. The average Bonchev–Trinajstić information content (AvgIpc) is 2.90. The molecule has 1 aromatic heterocycles. The molecule has 0 radical (unpaired) electrons. The van der Waals surface area contributed by atoms with Gasteiger partial charge in [-0.2, -0.15) is 0 Å². The van der Waals surface area contributed by atoms with Crippen molar-refractivity contribution in [2.24, 2.45) is 5.73 Å². The van der Waals surface area contributed by atoms with Gasteiger partial charge in [0.05, 0.1) is 11.3 Å². The molecular weight excluding hydrogens is 270 g/mol. The minimum Gasteiger partial charge on any atom is -0.483 e. The van der Waals surface area contributed by atoms with E-state index in [-0.39, 0.29) is 6.61 Å². The molecule has 4 N–H and O–H groups in total. The van der Waals surface area contributed by atoms with Crippen LogP contribution in [0.5, 0.6) is 5.75 Å². The summed E-state index contributed by atoms with van der Waals surface area (Å²) in [6, 6.07) is 12.0. The summed E-state index contributed by atoms with van der Waals surface area (Å²) in [6.07, 6.45) is 0. The van der Waals surface area contributed by atoms with Crippen LogP contribution in [0, 0.1) is 0 Å². The van der Waals surface area contributed by atoms with Gasteiger partial charge in [-0.3, -0.25) is 4.79 Å². The van der Waals surface area contributed by atoms with Crippen molar-refractivity contribution in [1.29, 1.82) is 0 Å². The number of fused-ring (bicyclic) bond motifs is 1. The molecule has 0 saturated heterocycles. The second kappa shape index (κ2) is 5.16. The van der Waals surface area contributed by atoms with Gasteiger partial charge in [0, 0.05) is 0 Å². The Morgan fingerprint density at radius 3 is 2.76 bits per heavy atom. The molecule has 0 unspecified atom stereocenters. The normalized spacial score (nSPS) is 10.7. The number of benzene rings is 2. The standard InChI is InChI=1S/C15H13N3O3/c16-10-5-3-7-12-14(10)18-13(21-12)8-20-11-6-2-1-4-9(11)15(17)19/h1-7H,8,16H2,(H2,17,19). The van der Waals surface area contributed by atoms with Crippen molar-refractivity contribution in [1.82, 2.24) is 4.98 Å². The molecule has 0 saturated carbocycles. The molecule has 3 aromatic rings. The minimum absolute atomic E-state index is 0.0818. The third-order valence-electron chi connectivity index (χ3n) is 3.00. The Hall–Kier alpha value is -3.02. The maximum Gasteiger partial charge on any atom is 0.252 e. The summed E-state index contributed by atoms with van der Waals surface area (Å²) < 4.78 is 11.1. The van der Waals surface area contributed by atoms with Crippen molar-refractivity contribution in [3.8, 4) is 5.75 Å². The van der Waals surface area contributed by atoms with Crippen LogP contribution < -0.4 is 16.2 Å².